The molecule has 0 saturated heterocycles. The number of benzene rings is 2. The van der Waals surface area contributed by atoms with E-state index in [2.05, 4.69) is 34.5 Å². The fourth-order valence-corrected chi connectivity index (χ4v) is 3.96. The average Bonchev–Trinajstić information content (AvgIpc) is 3.63. The number of rotatable bonds is 8. The first-order valence-electron chi connectivity index (χ1n) is 11.6. The Morgan fingerprint density at radius 2 is 1.00 bits per heavy atom. The number of hydrogen-bond acceptors (Lipinski definition) is 7. The Morgan fingerprint density at radius 3 is 1.39 bits per heavy atom. The molecule has 2 atom stereocenters. The van der Waals surface area contributed by atoms with Crippen molar-refractivity contribution in [3.63, 3.8) is 0 Å². The Bertz CT molecular complexity index is 1330. The third kappa shape index (κ3) is 4.68. The van der Waals surface area contributed by atoms with E-state index in [1.54, 1.807) is 14.2 Å². The van der Waals surface area contributed by atoms with Gasteiger partial charge in [-0.15, -0.1) is 10.2 Å². The van der Waals surface area contributed by atoms with Gasteiger partial charge in [-0.25, -0.2) is 14.3 Å². The maximum atomic E-state index is 5.25. The van der Waals surface area contributed by atoms with Crippen LogP contribution in [-0.2, 0) is 0 Å². The lowest BCUT2D eigenvalue weighted by atomic mass is 10.1. The third-order valence-corrected chi connectivity index (χ3v) is 6.28. The zero-order valence-electron chi connectivity index (χ0n) is 20.6. The highest BCUT2D eigenvalue weighted by Crippen LogP contribution is 2.25. The second-order valence-electron chi connectivity index (χ2n) is 8.47. The third-order valence-electron chi connectivity index (χ3n) is 6.28. The monoisotopic (exact) mass is 481 g/mol. The molecule has 5 aromatic rings. The molecule has 9 nitrogen and oxygen atoms in total. The van der Waals surface area contributed by atoms with E-state index in [-0.39, 0.29) is 12.1 Å². The molecule has 36 heavy (non-hydrogen) atoms. The zero-order valence-corrected chi connectivity index (χ0v) is 20.6. The lowest BCUT2D eigenvalue weighted by molar-refractivity contribution is 0.414. The van der Waals surface area contributed by atoms with E-state index in [1.807, 2.05) is 88.5 Å². The lowest BCUT2D eigenvalue weighted by Crippen LogP contribution is -2.07. The van der Waals surface area contributed by atoms with Gasteiger partial charge in [-0.2, -0.15) is 0 Å². The van der Waals surface area contributed by atoms with Crippen LogP contribution in [0.5, 0.6) is 11.5 Å². The summed E-state index contributed by atoms with van der Waals surface area (Å²) >= 11 is 0. The van der Waals surface area contributed by atoms with Crippen LogP contribution in [0.3, 0.4) is 0 Å². The first-order chi connectivity index (χ1) is 17.6. The summed E-state index contributed by atoms with van der Waals surface area (Å²) in [6.45, 7) is 4.15. The standard InChI is InChI=1S/C27H27N7O2/c1-18(20-8-12-22(35-3)13-9-20)33-16-26(29-31-33)24-6-5-7-25(28-24)27-17-34(32-30-27)19(2)21-10-14-23(36-4)15-11-21/h5-19H,1-4H3. The van der Waals surface area contributed by atoms with Gasteiger partial charge in [-0.05, 0) is 61.4 Å². The molecular weight excluding hydrogens is 454 g/mol. The van der Waals surface area contributed by atoms with E-state index in [4.69, 9.17) is 14.5 Å². The molecule has 0 bridgehead atoms. The van der Waals surface area contributed by atoms with E-state index < -0.39 is 0 Å². The van der Waals surface area contributed by atoms with Gasteiger partial charge in [0, 0.05) is 0 Å². The van der Waals surface area contributed by atoms with Gasteiger partial charge in [-0.1, -0.05) is 40.8 Å². The highest BCUT2D eigenvalue weighted by atomic mass is 16.5. The van der Waals surface area contributed by atoms with Crippen LogP contribution in [0.25, 0.3) is 22.8 Å². The molecule has 3 aromatic heterocycles. The van der Waals surface area contributed by atoms with Gasteiger partial charge in [0.15, 0.2) is 0 Å². The normalized spacial score (nSPS) is 12.8. The molecule has 2 aromatic carbocycles. The van der Waals surface area contributed by atoms with Crippen LogP contribution in [0, 0.1) is 0 Å². The molecule has 2 unspecified atom stereocenters. The first-order valence-corrected chi connectivity index (χ1v) is 11.6. The van der Waals surface area contributed by atoms with Crippen LogP contribution < -0.4 is 9.47 Å². The van der Waals surface area contributed by atoms with Gasteiger partial charge >= 0.3 is 0 Å². The van der Waals surface area contributed by atoms with Crippen LogP contribution in [0.4, 0.5) is 0 Å². The van der Waals surface area contributed by atoms with E-state index >= 15 is 0 Å². The lowest BCUT2D eigenvalue weighted by Gasteiger charge is -2.12. The first kappa shape index (κ1) is 23.2. The second kappa shape index (κ2) is 9.99. The van der Waals surface area contributed by atoms with Crippen LogP contribution in [-0.4, -0.2) is 49.2 Å². The minimum Gasteiger partial charge on any atom is -0.497 e. The summed E-state index contributed by atoms with van der Waals surface area (Å²) in [5.74, 6) is 1.64. The van der Waals surface area contributed by atoms with E-state index in [1.165, 1.54) is 0 Å². The Hall–Kier alpha value is -4.53. The largest absolute Gasteiger partial charge is 0.497 e. The van der Waals surface area contributed by atoms with Crippen LogP contribution >= 0.6 is 0 Å². The summed E-state index contributed by atoms with van der Waals surface area (Å²) < 4.78 is 14.2. The van der Waals surface area contributed by atoms with Crippen molar-refractivity contribution in [2.24, 2.45) is 0 Å². The molecule has 0 aliphatic heterocycles. The molecule has 0 aliphatic rings. The quantitative estimate of drug-likeness (QED) is 0.313. The average molecular weight is 482 g/mol. The molecule has 0 spiro atoms. The predicted molar refractivity (Wildman–Crippen MR) is 136 cm³/mol. The molecular formula is C27H27N7O2. The van der Waals surface area contributed by atoms with E-state index in [0.717, 1.165) is 34.0 Å². The fourth-order valence-electron chi connectivity index (χ4n) is 3.96. The van der Waals surface area contributed by atoms with Crippen molar-refractivity contribution in [2.45, 2.75) is 25.9 Å². The number of ether oxygens (including phenoxy) is 2. The van der Waals surface area contributed by atoms with Gasteiger partial charge in [0.25, 0.3) is 0 Å². The number of hydrogen-bond donors (Lipinski definition) is 0. The van der Waals surface area contributed by atoms with Crippen molar-refractivity contribution in [3.8, 4) is 34.3 Å². The van der Waals surface area contributed by atoms with Gasteiger partial charge < -0.3 is 9.47 Å². The smallest absolute Gasteiger partial charge is 0.131 e. The number of pyridine rings is 1. The molecule has 0 saturated carbocycles. The van der Waals surface area contributed by atoms with Gasteiger partial charge in [0.1, 0.15) is 22.9 Å². The van der Waals surface area contributed by atoms with Crippen molar-refractivity contribution < 1.29 is 9.47 Å². The zero-order chi connectivity index (χ0) is 25.1. The van der Waals surface area contributed by atoms with Gasteiger partial charge in [-0.3, -0.25) is 0 Å². The Kier molecular flexibility index (Phi) is 6.44. The van der Waals surface area contributed by atoms with Crippen molar-refractivity contribution >= 4 is 0 Å². The van der Waals surface area contributed by atoms with E-state index in [0.29, 0.717) is 11.4 Å². The summed E-state index contributed by atoms with van der Waals surface area (Å²) in [7, 11) is 3.32. The molecule has 9 heteroatoms. The maximum absolute atomic E-state index is 5.25. The molecule has 0 fully saturated rings. The van der Waals surface area contributed by atoms with E-state index in [9.17, 15) is 0 Å². The maximum Gasteiger partial charge on any atom is 0.131 e. The Morgan fingerprint density at radius 1 is 0.583 bits per heavy atom. The summed E-state index contributed by atoms with van der Waals surface area (Å²) in [4.78, 5) is 4.78. The summed E-state index contributed by atoms with van der Waals surface area (Å²) in [5, 5.41) is 17.4. The highest BCUT2D eigenvalue weighted by Gasteiger charge is 2.15. The summed E-state index contributed by atoms with van der Waals surface area (Å²) in [6.07, 6.45) is 3.81. The number of nitrogens with zero attached hydrogens (tertiary/aromatic N) is 7. The SMILES string of the molecule is COc1ccc(C(C)n2cc(-c3cccc(-c4cn(C(C)c5ccc(OC)cc5)nn4)n3)nn2)cc1. The van der Waals surface area contributed by atoms with Gasteiger partial charge in [0.05, 0.1) is 50.1 Å². The molecule has 5 rings (SSSR count). The van der Waals surface area contributed by atoms with Crippen molar-refractivity contribution in [1.29, 1.82) is 0 Å². The number of methoxy groups -OCH3 is 2. The topological polar surface area (TPSA) is 92.8 Å². The summed E-state index contributed by atoms with van der Waals surface area (Å²) in [5.41, 5.74) is 5.04. The molecule has 3 heterocycles. The van der Waals surface area contributed by atoms with Crippen molar-refractivity contribution in [2.75, 3.05) is 14.2 Å². The van der Waals surface area contributed by atoms with Crippen LogP contribution in [0.2, 0.25) is 0 Å². The van der Waals surface area contributed by atoms with Crippen LogP contribution in [0.15, 0.2) is 79.1 Å². The minimum absolute atomic E-state index is 0.0136. The Labute approximate surface area is 209 Å². The van der Waals surface area contributed by atoms with Crippen molar-refractivity contribution in [3.05, 3.63) is 90.3 Å². The molecule has 0 aliphatic carbocycles. The molecule has 182 valence electrons. The van der Waals surface area contributed by atoms with Crippen molar-refractivity contribution in [1.82, 2.24) is 35.0 Å². The second-order valence-corrected chi connectivity index (χ2v) is 8.47. The molecule has 0 amide bonds. The highest BCUT2D eigenvalue weighted by molar-refractivity contribution is 5.60. The minimum atomic E-state index is 0.0136. The van der Waals surface area contributed by atoms with Crippen LogP contribution in [0.1, 0.15) is 37.1 Å². The predicted octanol–water partition coefficient (Wildman–Crippen LogP) is 4.83. The van der Waals surface area contributed by atoms with Gasteiger partial charge in [0.2, 0.25) is 0 Å². The molecule has 0 N–H and O–H groups in total. The summed E-state index contributed by atoms with van der Waals surface area (Å²) in [6, 6.07) is 21.7. The fraction of sp³-hybridized carbons (Fsp3) is 0.222. The number of aromatic nitrogens is 7. The molecule has 0 radical (unpaired) electrons. The Balaban J connectivity index is 1.35.